The van der Waals surface area contributed by atoms with Gasteiger partial charge in [-0.2, -0.15) is 0 Å². The smallest absolute Gasteiger partial charge is 0.306 e. The molecule has 1 atom stereocenters. The molecule has 0 aliphatic heterocycles. The number of carbonyl (C=O) groups is 3. The second kappa shape index (κ2) is 49.2. The minimum absolute atomic E-state index is 0.0981. The lowest BCUT2D eigenvalue weighted by Gasteiger charge is -2.18. The molecule has 0 heterocycles. The molecule has 0 aromatic rings. The Kier molecular flexibility index (Phi) is 46.5. The van der Waals surface area contributed by atoms with Gasteiger partial charge in [0.2, 0.25) is 0 Å². The second-order valence-electron chi connectivity index (χ2n) is 16.3. The van der Waals surface area contributed by atoms with E-state index in [9.17, 15) is 14.4 Å². The number of rotatable bonds is 44. The van der Waals surface area contributed by atoms with E-state index in [0.717, 1.165) is 122 Å². The van der Waals surface area contributed by atoms with Gasteiger partial charge < -0.3 is 14.2 Å². The highest BCUT2D eigenvalue weighted by molar-refractivity contribution is 5.71. The minimum Gasteiger partial charge on any atom is -0.462 e. The quantitative estimate of drug-likeness (QED) is 0.0263. The number of esters is 3. The Bertz CT molecular complexity index is 1200. The lowest BCUT2D eigenvalue weighted by Crippen LogP contribution is -2.30. The molecule has 61 heavy (non-hydrogen) atoms. The molecule has 0 saturated heterocycles. The maximum atomic E-state index is 12.8. The molecule has 0 amide bonds. The van der Waals surface area contributed by atoms with Gasteiger partial charge in [-0.15, -0.1) is 0 Å². The van der Waals surface area contributed by atoms with Gasteiger partial charge in [0.25, 0.3) is 0 Å². The normalized spacial score (nSPS) is 12.8. The predicted octanol–water partition coefficient (Wildman–Crippen LogP) is 16.4. The molecular weight excluding hydrogens is 757 g/mol. The molecule has 348 valence electrons. The van der Waals surface area contributed by atoms with E-state index in [1.807, 2.05) is 0 Å². The van der Waals surface area contributed by atoms with Gasteiger partial charge in [0, 0.05) is 19.3 Å². The van der Waals surface area contributed by atoms with Crippen molar-refractivity contribution in [3.63, 3.8) is 0 Å². The predicted molar refractivity (Wildman–Crippen MR) is 261 cm³/mol. The third kappa shape index (κ3) is 47.5. The summed E-state index contributed by atoms with van der Waals surface area (Å²) in [6, 6.07) is 0. The highest BCUT2D eigenvalue weighted by Crippen LogP contribution is 2.13. The molecule has 1 unspecified atom stereocenters. The van der Waals surface area contributed by atoms with E-state index in [0.29, 0.717) is 12.8 Å². The maximum absolute atomic E-state index is 12.8. The average molecular weight is 849 g/mol. The first-order valence-electron chi connectivity index (χ1n) is 25.1. The van der Waals surface area contributed by atoms with Crippen LogP contribution in [0.2, 0.25) is 0 Å². The molecule has 0 radical (unpaired) electrons. The minimum atomic E-state index is -0.800. The van der Waals surface area contributed by atoms with Crippen LogP contribution >= 0.6 is 0 Å². The monoisotopic (exact) mass is 849 g/mol. The van der Waals surface area contributed by atoms with Gasteiger partial charge in [0.15, 0.2) is 6.10 Å². The third-order valence-electron chi connectivity index (χ3n) is 10.4. The van der Waals surface area contributed by atoms with Gasteiger partial charge in [-0.25, -0.2) is 0 Å². The van der Waals surface area contributed by atoms with Crippen LogP contribution in [0.1, 0.15) is 226 Å². The van der Waals surface area contributed by atoms with Crippen molar-refractivity contribution in [2.75, 3.05) is 13.2 Å². The number of allylic oxidation sites excluding steroid dienone is 14. The summed E-state index contributed by atoms with van der Waals surface area (Å²) in [4.78, 5) is 37.9. The van der Waals surface area contributed by atoms with E-state index < -0.39 is 6.10 Å². The van der Waals surface area contributed by atoms with Crippen molar-refractivity contribution in [2.24, 2.45) is 0 Å². The van der Waals surface area contributed by atoms with Crippen LogP contribution in [-0.4, -0.2) is 37.2 Å². The van der Waals surface area contributed by atoms with Gasteiger partial charge in [-0.3, -0.25) is 14.4 Å². The van der Waals surface area contributed by atoms with Crippen LogP contribution in [0.5, 0.6) is 0 Å². The van der Waals surface area contributed by atoms with E-state index in [2.05, 4.69) is 106 Å². The zero-order valence-corrected chi connectivity index (χ0v) is 39.7. The second-order valence-corrected chi connectivity index (χ2v) is 16.3. The van der Waals surface area contributed by atoms with Crippen molar-refractivity contribution >= 4 is 17.9 Å². The van der Waals surface area contributed by atoms with Crippen LogP contribution in [0.15, 0.2) is 85.1 Å². The average Bonchev–Trinajstić information content (AvgIpc) is 3.26. The molecule has 0 aliphatic carbocycles. The fourth-order valence-corrected chi connectivity index (χ4v) is 6.56. The van der Waals surface area contributed by atoms with Gasteiger partial charge in [0.05, 0.1) is 0 Å². The summed E-state index contributed by atoms with van der Waals surface area (Å²) >= 11 is 0. The van der Waals surface area contributed by atoms with E-state index in [1.54, 1.807) is 0 Å². The zero-order chi connectivity index (χ0) is 44.4. The first-order valence-corrected chi connectivity index (χ1v) is 25.1. The van der Waals surface area contributed by atoms with E-state index in [4.69, 9.17) is 14.2 Å². The van der Waals surface area contributed by atoms with Gasteiger partial charge in [-0.1, -0.05) is 183 Å². The Hall–Kier alpha value is -3.41. The highest BCUT2D eigenvalue weighted by Gasteiger charge is 2.19. The Balaban J connectivity index is 4.44. The number of carbonyl (C=O) groups excluding carboxylic acids is 3. The van der Waals surface area contributed by atoms with Gasteiger partial charge in [0.1, 0.15) is 13.2 Å². The summed E-state index contributed by atoms with van der Waals surface area (Å²) in [5, 5.41) is 0. The first-order chi connectivity index (χ1) is 30.0. The third-order valence-corrected chi connectivity index (χ3v) is 10.4. The number of unbranched alkanes of at least 4 members (excludes halogenated alkanes) is 19. The van der Waals surface area contributed by atoms with Gasteiger partial charge in [-0.05, 0) is 109 Å². The van der Waals surface area contributed by atoms with Crippen LogP contribution in [-0.2, 0) is 28.6 Å². The Labute approximate surface area is 375 Å². The summed E-state index contributed by atoms with van der Waals surface area (Å²) in [7, 11) is 0. The first kappa shape index (κ1) is 57.6. The molecule has 0 fully saturated rings. The molecular formula is C55H92O6. The van der Waals surface area contributed by atoms with Crippen LogP contribution in [0, 0.1) is 0 Å². The van der Waals surface area contributed by atoms with Crippen LogP contribution < -0.4 is 0 Å². The summed E-state index contributed by atoms with van der Waals surface area (Å²) in [6.07, 6.45) is 62.8. The lowest BCUT2D eigenvalue weighted by atomic mass is 10.1. The van der Waals surface area contributed by atoms with Gasteiger partial charge >= 0.3 is 17.9 Å². The SMILES string of the molecule is CC/C=C\C/C=C\C/C=C\C/C=C\CCCCCC(=O)OC(COC(=O)CCCCCC/C=C\CCCC)COC(=O)CCCCCCCCC/C=C\C/C=C\CCCCC. The van der Waals surface area contributed by atoms with Crippen molar-refractivity contribution in [3.8, 4) is 0 Å². The van der Waals surface area contributed by atoms with Crippen molar-refractivity contribution in [3.05, 3.63) is 85.1 Å². The number of ether oxygens (including phenoxy) is 3. The van der Waals surface area contributed by atoms with Crippen molar-refractivity contribution in [1.82, 2.24) is 0 Å². The zero-order valence-electron chi connectivity index (χ0n) is 39.7. The summed E-state index contributed by atoms with van der Waals surface area (Å²) in [5.41, 5.74) is 0. The molecule has 0 N–H and O–H groups in total. The fraction of sp³-hybridized carbons (Fsp3) is 0.691. The van der Waals surface area contributed by atoms with E-state index >= 15 is 0 Å². The van der Waals surface area contributed by atoms with Crippen molar-refractivity contribution in [1.29, 1.82) is 0 Å². The van der Waals surface area contributed by atoms with Crippen LogP contribution in [0.4, 0.5) is 0 Å². The lowest BCUT2D eigenvalue weighted by molar-refractivity contribution is -0.167. The summed E-state index contributed by atoms with van der Waals surface area (Å²) in [5.74, 6) is -0.954. The molecule has 0 aromatic heterocycles. The molecule has 0 rings (SSSR count). The molecule has 0 saturated carbocycles. The molecule has 0 aliphatic rings. The van der Waals surface area contributed by atoms with E-state index in [1.165, 1.54) is 64.2 Å². The van der Waals surface area contributed by atoms with Crippen molar-refractivity contribution in [2.45, 2.75) is 232 Å². The van der Waals surface area contributed by atoms with Crippen molar-refractivity contribution < 1.29 is 28.6 Å². The number of hydrogen-bond donors (Lipinski definition) is 0. The highest BCUT2D eigenvalue weighted by atomic mass is 16.6. The Morgan fingerprint density at radius 2 is 0.656 bits per heavy atom. The summed E-state index contributed by atoms with van der Waals surface area (Å²) in [6.45, 7) is 6.40. The fourth-order valence-electron chi connectivity index (χ4n) is 6.56. The molecule has 0 aromatic carbocycles. The number of hydrogen-bond acceptors (Lipinski definition) is 6. The molecule has 0 spiro atoms. The summed E-state index contributed by atoms with van der Waals surface area (Å²) < 4.78 is 16.7. The topological polar surface area (TPSA) is 78.9 Å². The molecule has 6 heteroatoms. The maximum Gasteiger partial charge on any atom is 0.306 e. The Morgan fingerprint density at radius 1 is 0.344 bits per heavy atom. The Morgan fingerprint density at radius 3 is 1.08 bits per heavy atom. The largest absolute Gasteiger partial charge is 0.462 e. The van der Waals surface area contributed by atoms with E-state index in [-0.39, 0.29) is 37.5 Å². The molecule has 6 nitrogen and oxygen atoms in total. The van der Waals surface area contributed by atoms with Crippen LogP contribution in [0.25, 0.3) is 0 Å². The molecule has 0 bridgehead atoms. The standard InChI is InChI=1S/C55H92O6/c1-4-7-10-13-16-19-22-24-26-28-30-31-33-36-39-42-45-48-54(57)60-51-52(50-59-53(56)47-44-41-38-35-21-18-15-12-9-6-3)61-55(58)49-46-43-40-37-34-32-29-27-25-23-20-17-14-11-8-5-2/h8,11,15-20,24-27,32,34,52H,4-7,9-10,12-14,21-23,28-31,33,35-51H2,1-3H3/b11-8-,18-15-,19-16-,20-17-,26-24-,27-25-,34-32-. The van der Waals surface area contributed by atoms with Crippen LogP contribution in [0.3, 0.4) is 0 Å².